The number of nitrogens with one attached hydrogen (secondary N) is 1. The largest absolute Gasteiger partial charge is 0.447 e. The minimum absolute atomic E-state index is 0.117. The SMILES string of the molecule is Cc1ccc(Nc2ncnc3c2ccc(=O)n3C2CCN(C(=O)OC(C)C)CC2)c(F)c1. The van der Waals surface area contributed by atoms with Crippen LogP contribution in [-0.4, -0.2) is 44.7 Å². The summed E-state index contributed by atoms with van der Waals surface area (Å²) in [5.74, 6) is 0.0372. The van der Waals surface area contributed by atoms with Crippen molar-refractivity contribution in [1.29, 1.82) is 0 Å². The van der Waals surface area contributed by atoms with Gasteiger partial charge in [0.1, 0.15) is 23.6 Å². The molecule has 3 heterocycles. The van der Waals surface area contributed by atoms with Gasteiger partial charge in [0, 0.05) is 25.2 Å². The number of carbonyl (C=O) groups excluding carboxylic acids is 1. The summed E-state index contributed by atoms with van der Waals surface area (Å²) in [5.41, 5.74) is 1.42. The molecule has 1 aliphatic heterocycles. The third kappa shape index (κ3) is 4.42. The number of halogens is 1. The molecule has 0 bridgehead atoms. The van der Waals surface area contributed by atoms with Crippen LogP contribution in [0, 0.1) is 12.7 Å². The predicted octanol–water partition coefficient (Wildman–Crippen LogP) is 4.16. The summed E-state index contributed by atoms with van der Waals surface area (Å²) in [6.07, 6.45) is 2.05. The number of pyridine rings is 1. The highest BCUT2D eigenvalue weighted by atomic mass is 19.1. The number of amides is 1. The molecule has 1 aliphatic rings. The Hall–Kier alpha value is -3.49. The second-order valence-corrected chi connectivity index (χ2v) is 8.26. The Morgan fingerprint density at radius 3 is 2.62 bits per heavy atom. The molecule has 1 fully saturated rings. The van der Waals surface area contributed by atoms with Crippen molar-refractivity contribution in [3.8, 4) is 0 Å². The van der Waals surface area contributed by atoms with Crippen LogP contribution in [-0.2, 0) is 4.74 Å². The van der Waals surface area contributed by atoms with Gasteiger partial charge in [-0.2, -0.15) is 0 Å². The van der Waals surface area contributed by atoms with Crippen LogP contribution < -0.4 is 10.9 Å². The monoisotopic (exact) mass is 439 g/mol. The molecule has 0 spiro atoms. The average molecular weight is 439 g/mol. The number of aromatic nitrogens is 3. The van der Waals surface area contributed by atoms with Gasteiger partial charge < -0.3 is 15.0 Å². The molecule has 8 nitrogen and oxygen atoms in total. The first kappa shape index (κ1) is 21.7. The standard InChI is InChI=1S/C23H26FN5O3/c1-14(2)32-23(31)28-10-8-16(9-11-28)29-20(30)7-5-17-21(25-13-26-22(17)29)27-19-6-4-15(3)12-18(19)24/h4-7,12-14,16H,8-11H2,1-3H3,(H,25,26,27). The predicted molar refractivity (Wildman–Crippen MR) is 120 cm³/mol. The first-order valence-electron chi connectivity index (χ1n) is 10.7. The highest BCUT2D eigenvalue weighted by Gasteiger charge is 2.27. The number of aryl methyl sites for hydroxylation is 1. The number of hydrogen-bond donors (Lipinski definition) is 1. The summed E-state index contributed by atoms with van der Waals surface area (Å²) in [6, 6.07) is 7.91. The number of fused-ring (bicyclic) bond motifs is 1. The molecule has 32 heavy (non-hydrogen) atoms. The molecular formula is C23H26FN5O3. The number of likely N-dealkylation sites (tertiary alicyclic amines) is 1. The summed E-state index contributed by atoms with van der Waals surface area (Å²) in [6.45, 7) is 6.43. The van der Waals surface area contributed by atoms with Crippen molar-refractivity contribution in [1.82, 2.24) is 19.4 Å². The molecule has 4 rings (SSSR count). The molecule has 0 unspecified atom stereocenters. The van der Waals surface area contributed by atoms with Gasteiger partial charge in [-0.05, 0) is 57.4 Å². The maximum absolute atomic E-state index is 14.3. The number of nitrogens with zero attached hydrogens (tertiary/aromatic N) is 4. The Morgan fingerprint density at radius 1 is 1.19 bits per heavy atom. The number of hydrogen-bond acceptors (Lipinski definition) is 6. The second kappa shape index (κ2) is 8.94. The van der Waals surface area contributed by atoms with Crippen molar-refractivity contribution in [3.63, 3.8) is 0 Å². The summed E-state index contributed by atoms with van der Waals surface area (Å²) < 4.78 is 21.3. The van der Waals surface area contributed by atoms with Gasteiger partial charge in [0.15, 0.2) is 0 Å². The van der Waals surface area contributed by atoms with Crippen molar-refractivity contribution >= 4 is 28.6 Å². The zero-order valence-corrected chi connectivity index (χ0v) is 18.3. The quantitative estimate of drug-likeness (QED) is 0.657. The molecule has 0 saturated carbocycles. The lowest BCUT2D eigenvalue weighted by Gasteiger charge is -2.33. The van der Waals surface area contributed by atoms with Crippen LogP contribution in [0.25, 0.3) is 11.0 Å². The maximum atomic E-state index is 14.3. The topological polar surface area (TPSA) is 89.4 Å². The lowest BCUT2D eigenvalue weighted by atomic mass is 10.0. The van der Waals surface area contributed by atoms with Gasteiger partial charge in [-0.3, -0.25) is 9.36 Å². The van der Waals surface area contributed by atoms with E-state index >= 15 is 0 Å². The van der Waals surface area contributed by atoms with Gasteiger partial charge in [-0.25, -0.2) is 19.2 Å². The zero-order valence-electron chi connectivity index (χ0n) is 18.3. The van der Waals surface area contributed by atoms with Crippen molar-refractivity contribution in [2.24, 2.45) is 0 Å². The highest BCUT2D eigenvalue weighted by Crippen LogP contribution is 2.28. The first-order chi connectivity index (χ1) is 15.3. The molecule has 9 heteroatoms. The molecule has 0 atom stereocenters. The molecule has 1 N–H and O–H groups in total. The summed E-state index contributed by atoms with van der Waals surface area (Å²) in [5, 5.41) is 3.64. The molecule has 1 amide bonds. The normalized spacial score (nSPS) is 14.7. The van der Waals surface area contributed by atoms with Crippen LogP contribution in [0.3, 0.4) is 0 Å². The number of carbonyl (C=O) groups is 1. The highest BCUT2D eigenvalue weighted by molar-refractivity contribution is 5.88. The Kier molecular flexibility index (Phi) is 6.07. The van der Waals surface area contributed by atoms with Crippen molar-refractivity contribution < 1.29 is 13.9 Å². The van der Waals surface area contributed by atoms with Crippen LogP contribution in [0.4, 0.5) is 20.7 Å². The molecule has 0 aliphatic carbocycles. The van der Waals surface area contributed by atoms with Gasteiger partial charge >= 0.3 is 6.09 Å². The lowest BCUT2D eigenvalue weighted by molar-refractivity contribution is 0.0661. The summed E-state index contributed by atoms with van der Waals surface area (Å²) >= 11 is 0. The van der Waals surface area contributed by atoms with Gasteiger partial charge in [-0.1, -0.05) is 6.07 Å². The Bertz CT molecular complexity index is 1200. The average Bonchev–Trinajstić information content (AvgIpc) is 2.75. The van der Waals surface area contributed by atoms with E-state index in [1.54, 1.807) is 21.6 Å². The van der Waals surface area contributed by atoms with Crippen LogP contribution in [0.1, 0.15) is 38.3 Å². The van der Waals surface area contributed by atoms with E-state index in [-0.39, 0.29) is 29.6 Å². The van der Waals surface area contributed by atoms with Gasteiger partial charge in [0.25, 0.3) is 5.56 Å². The minimum atomic E-state index is -0.384. The first-order valence-corrected chi connectivity index (χ1v) is 10.7. The molecule has 3 aromatic rings. The van der Waals surface area contributed by atoms with Crippen molar-refractivity contribution in [2.75, 3.05) is 18.4 Å². The fraction of sp³-hybridized carbons (Fsp3) is 0.391. The fourth-order valence-electron chi connectivity index (χ4n) is 3.96. The summed E-state index contributed by atoms with van der Waals surface area (Å²) in [7, 11) is 0. The van der Waals surface area contributed by atoms with Crippen LogP contribution in [0.15, 0.2) is 41.5 Å². The Morgan fingerprint density at radius 2 is 1.94 bits per heavy atom. The molecule has 168 valence electrons. The molecule has 0 radical (unpaired) electrons. The smallest absolute Gasteiger partial charge is 0.410 e. The fourth-order valence-corrected chi connectivity index (χ4v) is 3.96. The minimum Gasteiger partial charge on any atom is -0.447 e. The van der Waals surface area contributed by atoms with Crippen LogP contribution >= 0.6 is 0 Å². The number of benzene rings is 1. The number of anilines is 2. The zero-order chi connectivity index (χ0) is 22.8. The molecule has 1 saturated heterocycles. The van der Waals surface area contributed by atoms with Crippen molar-refractivity contribution in [3.05, 3.63) is 58.4 Å². The van der Waals surface area contributed by atoms with E-state index < -0.39 is 0 Å². The molecule has 1 aromatic carbocycles. The number of rotatable bonds is 4. The van der Waals surface area contributed by atoms with E-state index in [1.165, 1.54) is 18.5 Å². The lowest BCUT2D eigenvalue weighted by Crippen LogP contribution is -2.41. The third-order valence-electron chi connectivity index (χ3n) is 5.52. The van der Waals surface area contributed by atoms with E-state index in [0.717, 1.165) is 5.56 Å². The van der Waals surface area contributed by atoms with E-state index in [1.807, 2.05) is 26.8 Å². The van der Waals surface area contributed by atoms with Crippen LogP contribution in [0.5, 0.6) is 0 Å². The Balaban J connectivity index is 1.62. The number of ether oxygens (including phenoxy) is 1. The Labute approximate surface area is 185 Å². The third-order valence-corrected chi connectivity index (χ3v) is 5.52. The van der Waals surface area contributed by atoms with E-state index in [0.29, 0.717) is 48.5 Å². The van der Waals surface area contributed by atoms with E-state index in [2.05, 4.69) is 15.3 Å². The van der Waals surface area contributed by atoms with Gasteiger partial charge in [0.05, 0.1) is 17.2 Å². The van der Waals surface area contributed by atoms with Gasteiger partial charge in [-0.15, -0.1) is 0 Å². The van der Waals surface area contributed by atoms with E-state index in [9.17, 15) is 14.0 Å². The summed E-state index contributed by atoms with van der Waals surface area (Å²) in [4.78, 5) is 35.2. The maximum Gasteiger partial charge on any atom is 0.410 e. The van der Waals surface area contributed by atoms with E-state index in [4.69, 9.17) is 4.74 Å². The second-order valence-electron chi connectivity index (χ2n) is 8.26. The number of piperidine rings is 1. The van der Waals surface area contributed by atoms with Crippen molar-refractivity contribution in [2.45, 2.75) is 45.8 Å². The van der Waals surface area contributed by atoms with Gasteiger partial charge in [0.2, 0.25) is 0 Å². The molecule has 2 aromatic heterocycles. The molecular weight excluding hydrogens is 413 g/mol. The van der Waals surface area contributed by atoms with Crippen LogP contribution in [0.2, 0.25) is 0 Å².